The summed E-state index contributed by atoms with van der Waals surface area (Å²) in [6.45, 7) is 0. The van der Waals surface area contributed by atoms with Crippen LogP contribution in [-0.4, -0.2) is 24.4 Å². The summed E-state index contributed by atoms with van der Waals surface area (Å²) in [7, 11) is 1.57. The zero-order valence-electron chi connectivity index (χ0n) is 17.2. The quantitative estimate of drug-likeness (QED) is 0.270. The lowest BCUT2D eigenvalue weighted by atomic mass is 9.77. The second-order valence-corrected chi connectivity index (χ2v) is 8.30. The van der Waals surface area contributed by atoms with Gasteiger partial charge in [0, 0.05) is 40.6 Å². The zero-order valence-corrected chi connectivity index (χ0v) is 18.8. The minimum atomic E-state index is -1.17. The number of halogens is 1. The molecule has 0 aromatic heterocycles. The van der Waals surface area contributed by atoms with Crippen molar-refractivity contribution < 1.29 is 28.5 Å². The summed E-state index contributed by atoms with van der Waals surface area (Å²) >= 11 is 3.31. The molecule has 1 unspecified atom stereocenters. The van der Waals surface area contributed by atoms with Crippen molar-refractivity contribution in [1.82, 2.24) is 0 Å². The Bertz CT molecular complexity index is 1240. The summed E-state index contributed by atoms with van der Waals surface area (Å²) in [6, 6.07) is 17.9. The number of benzene rings is 3. The van der Waals surface area contributed by atoms with Crippen LogP contribution in [0.15, 0.2) is 60.7 Å². The Morgan fingerprint density at radius 1 is 0.969 bits per heavy atom. The van der Waals surface area contributed by atoms with Gasteiger partial charge < -0.3 is 18.9 Å². The summed E-state index contributed by atoms with van der Waals surface area (Å²) in [6.07, 6.45) is 0.988. The van der Waals surface area contributed by atoms with Gasteiger partial charge in [0.2, 0.25) is 0 Å². The third kappa shape index (κ3) is 3.15. The van der Waals surface area contributed by atoms with E-state index in [1.54, 1.807) is 37.4 Å². The Hall–Kier alpha value is -3.32. The van der Waals surface area contributed by atoms with Crippen LogP contribution in [0.3, 0.4) is 0 Å². The van der Waals surface area contributed by atoms with Gasteiger partial charge in [-0.1, -0.05) is 34.1 Å². The molecule has 2 aliphatic rings. The zero-order chi connectivity index (χ0) is 22.3. The van der Waals surface area contributed by atoms with Gasteiger partial charge in [0.25, 0.3) is 0 Å². The normalized spacial score (nSPS) is 17.6. The molecule has 0 N–H and O–H groups in total. The monoisotopic (exact) mass is 494 g/mol. The molecule has 0 saturated carbocycles. The molecule has 3 aromatic rings. The molecule has 2 aliphatic heterocycles. The molecule has 32 heavy (non-hydrogen) atoms. The second kappa shape index (κ2) is 7.98. The predicted molar refractivity (Wildman–Crippen MR) is 120 cm³/mol. The van der Waals surface area contributed by atoms with E-state index in [2.05, 4.69) is 15.9 Å². The Balaban J connectivity index is 1.66. The van der Waals surface area contributed by atoms with Gasteiger partial charge in [-0.25, -0.2) is 4.79 Å². The average Bonchev–Trinajstić information content (AvgIpc) is 3.10. The van der Waals surface area contributed by atoms with E-state index >= 15 is 0 Å². The predicted octanol–water partition coefficient (Wildman–Crippen LogP) is 5.34. The highest BCUT2D eigenvalue weighted by molar-refractivity contribution is 9.09. The van der Waals surface area contributed by atoms with E-state index < -0.39 is 11.6 Å². The molecule has 1 atom stereocenters. The number of esters is 2. The van der Waals surface area contributed by atoms with E-state index in [1.165, 1.54) is 0 Å². The standard InChI is InChI=1S/C25H19BrO6/c1-29-15-8-10-19-21(13-15)31-22-14-16(30-23(27)7-4-12-26)9-11-20(22)25(19)18-6-3-2-5-17(18)24(28)32-25/h2-3,5-6,8-11,13-14H,4,7,12H2,1H3. The molecule has 7 heteroatoms. The van der Waals surface area contributed by atoms with E-state index in [9.17, 15) is 9.59 Å². The summed E-state index contributed by atoms with van der Waals surface area (Å²) in [5.41, 5.74) is 1.44. The van der Waals surface area contributed by atoms with Crippen molar-refractivity contribution >= 4 is 27.9 Å². The van der Waals surface area contributed by atoms with Crippen molar-refractivity contribution in [2.45, 2.75) is 18.4 Å². The van der Waals surface area contributed by atoms with Gasteiger partial charge >= 0.3 is 11.9 Å². The summed E-state index contributed by atoms with van der Waals surface area (Å²) < 4.78 is 23.1. The maximum Gasteiger partial charge on any atom is 0.340 e. The molecule has 0 bridgehead atoms. The first kappa shape index (κ1) is 20.6. The van der Waals surface area contributed by atoms with Crippen LogP contribution in [0.25, 0.3) is 0 Å². The van der Waals surface area contributed by atoms with Gasteiger partial charge in [-0.15, -0.1) is 0 Å². The average molecular weight is 495 g/mol. The minimum absolute atomic E-state index is 0.304. The number of methoxy groups -OCH3 is 1. The Morgan fingerprint density at radius 2 is 1.66 bits per heavy atom. The fourth-order valence-corrected chi connectivity index (χ4v) is 4.50. The molecule has 0 saturated heterocycles. The highest BCUT2D eigenvalue weighted by Gasteiger charge is 2.53. The van der Waals surface area contributed by atoms with Crippen molar-refractivity contribution in [2.24, 2.45) is 0 Å². The van der Waals surface area contributed by atoms with Crippen molar-refractivity contribution in [3.8, 4) is 23.0 Å². The van der Waals surface area contributed by atoms with Crippen LogP contribution in [-0.2, 0) is 15.1 Å². The Labute approximate surface area is 193 Å². The Morgan fingerprint density at radius 3 is 2.38 bits per heavy atom. The molecule has 0 radical (unpaired) electrons. The second-order valence-electron chi connectivity index (χ2n) is 7.51. The lowest BCUT2D eigenvalue weighted by Crippen LogP contribution is -2.33. The van der Waals surface area contributed by atoms with Crippen LogP contribution in [0.2, 0.25) is 0 Å². The molecule has 162 valence electrons. The van der Waals surface area contributed by atoms with Crippen LogP contribution in [0.4, 0.5) is 0 Å². The van der Waals surface area contributed by atoms with Crippen LogP contribution in [0.5, 0.6) is 23.0 Å². The van der Waals surface area contributed by atoms with E-state index in [0.29, 0.717) is 52.5 Å². The van der Waals surface area contributed by atoms with Gasteiger partial charge in [-0.05, 0) is 36.8 Å². The van der Waals surface area contributed by atoms with Crippen molar-refractivity contribution in [3.05, 3.63) is 82.9 Å². The van der Waals surface area contributed by atoms with Crippen molar-refractivity contribution in [3.63, 3.8) is 0 Å². The molecule has 0 fully saturated rings. The molecular weight excluding hydrogens is 476 g/mol. The van der Waals surface area contributed by atoms with Crippen LogP contribution < -0.4 is 14.2 Å². The third-order valence-corrected chi connectivity index (χ3v) is 6.20. The molecule has 6 nitrogen and oxygen atoms in total. The minimum Gasteiger partial charge on any atom is -0.497 e. The maximum atomic E-state index is 12.8. The molecule has 0 amide bonds. The molecule has 2 heterocycles. The van der Waals surface area contributed by atoms with Crippen molar-refractivity contribution in [1.29, 1.82) is 0 Å². The highest BCUT2D eigenvalue weighted by atomic mass is 79.9. The van der Waals surface area contributed by atoms with E-state index in [0.717, 1.165) is 10.9 Å². The lowest BCUT2D eigenvalue weighted by molar-refractivity contribution is -0.134. The van der Waals surface area contributed by atoms with Crippen molar-refractivity contribution in [2.75, 3.05) is 12.4 Å². The number of carbonyl (C=O) groups excluding carboxylic acids is 2. The number of alkyl halides is 1. The van der Waals surface area contributed by atoms with Gasteiger partial charge in [-0.2, -0.15) is 0 Å². The van der Waals surface area contributed by atoms with Gasteiger partial charge in [0.1, 0.15) is 23.0 Å². The number of ether oxygens (including phenoxy) is 4. The smallest absolute Gasteiger partial charge is 0.340 e. The first-order chi connectivity index (χ1) is 15.6. The number of hydrogen-bond acceptors (Lipinski definition) is 6. The maximum absolute atomic E-state index is 12.8. The number of hydrogen-bond donors (Lipinski definition) is 0. The highest BCUT2D eigenvalue weighted by Crippen LogP contribution is 2.56. The SMILES string of the molecule is COc1ccc2c(c1)Oc1cc(OC(=O)CCCBr)ccc1C21OC(=O)c2ccccc21. The summed E-state index contributed by atoms with van der Waals surface area (Å²) in [5.74, 6) is 1.19. The molecule has 5 rings (SSSR count). The van der Waals surface area contributed by atoms with E-state index in [4.69, 9.17) is 18.9 Å². The lowest BCUT2D eigenvalue weighted by Gasteiger charge is -2.36. The van der Waals surface area contributed by atoms with Gasteiger partial charge in [0.15, 0.2) is 5.60 Å². The fraction of sp³-hybridized carbons (Fsp3) is 0.200. The number of rotatable bonds is 5. The summed E-state index contributed by atoms with van der Waals surface area (Å²) in [4.78, 5) is 24.9. The molecule has 0 aliphatic carbocycles. The topological polar surface area (TPSA) is 71.1 Å². The van der Waals surface area contributed by atoms with Gasteiger partial charge in [0.05, 0.1) is 12.7 Å². The fourth-order valence-electron chi connectivity index (χ4n) is 4.22. The molecule has 3 aromatic carbocycles. The first-order valence-electron chi connectivity index (χ1n) is 10.2. The van der Waals surface area contributed by atoms with E-state index in [1.807, 2.05) is 30.3 Å². The van der Waals surface area contributed by atoms with Crippen LogP contribution >= 0.6 is 15.9 Å². The summed E-state index contributed by atoms with van der Waals surface area (Å²) in [5, 5.41) is 0.724. The molecule has 1 spiro atoms. The van der Waals surface area contributed by atoms with Gasteiger partial charge in [-0.3, -0.25) is 4.79 Å². The third-order valence-electron chi connectivity index (χ3n) is 5.64. The van der Waals surface area contributed by atoms with Crippen LogP contribution in [0.1, 0.15) is 39.9 Å². The van der Waals surface area contributed by atoms with Crippen LogP contribution in [0, 0.1) is 0 Å². The first-order valence-corrected chi connectivity index (χ1v) is 11.3. The number of fused-ring (bicyclic) bond motifs is 6. The number of carbonyl (C=O) groups is 2. The molecular formula is C25H19BrO6. The van der Waals surface area contributed by atoms with E-state index in [-0.39, 0.29) is 5.97 Å². The Kier molecular flexibility index (Phi) is 5.13. The largest absolute Gasteiger partial charge is 0.497 e.